The Morgan fingerprint density at radius 1 is 1.15 bits per heavy atom. The van der Waals surface area contributed by atoms with Crippen LogP contribution in [0.4, 0.5) is 0 Å². The number of hydrogen-bond acceptors (Lipinski definition) is 3. The first-order chi connectivity index (χ1) is 9.72. The molecule has 3 aromatic rings. The maximum Gasteiger partial charge on any atom is 0.144 e. The molecule has 100 valence electrons. The van der Waals surface area contributed by atoms with Crippen LogP contribution in [0, 0.1) is 6.92 Å². The molecule has 3 heterocycles. The third-order valence-electron chi connectivity index (χ3n) is 3.24. The van der Waals surface area contributed by atoms with Crippen molar-refractivity contribution in [3.8, 4) is 0 Å². The Labute approximate surface area is 117 Å². The molecule has 0 aliphatic heterocycles. The molecule has 0 aromatic carbocycles. The molecular formula is C16H15N3O. The number of aryl methyl sites for hydroxylation is 1. The maximum atomic E-state index is 12.2. The van der Waals surface area contributed by atoms with E-state index in [1.807, 2.05) is 47.9 Å². The first-order valence-electron chi connectivity index (χ1n) is 6.56. The lowest BCUT2D eigenvalue weighted by atomic mass is 10.1. The topological polar surface area (TPSA) is 47.3 Å². The van der Waals surface area contributed by atoms with Crippen molar-refractivity contribution in [1.82, 2.24) is 14.4 Å². The van der Waals surface area contributed by atoms with Crippen molar-refractivity contribution in [3.05, 3.63) is 65.9 Å². The van der Waals surface area contributed by atoms with Gasteiger partial charge in [0.2, 0.25) is 0 Å². The number of nitrogens with zero attached hydrogens (tertiary/aromatic N) is 3. The summed E-state index contributed by atoms with van der Waals surface area (Å²) in [5.74, 6) is 0.155. The van der Waals surface area contributed by atoms with E-state index in [1.54, 1.807) is 12.4 Å². The van der Waals surface area contributed by atoms with Gasteiger partial charge in [0, 0.05) is 42.8 Å². The number of fused-ring (bicyclic) bond motifs is 1. The van der Waals surface area contributed by atoms with Crippen LogP contribution in [0.5, 0.6) is 0 Å². The second-order valence-electron chi connectivity index (χ2n) is 4.89. The van der Waals surface area contributed by atoms with Crippen molar-refractivity contribution in [2.75, 3.05) is 0 Å². The van der Waals surface area contributed by atoms with Gasteiger partial charge in [-0.15, -0.1) is 0 Å². The molecule has 3 rings (SSSR count). The molecule has 0 N–H and O–H groups in total. The Balaban J connectivity index is 1.76. The Bertz CT molecular complexity index is 744. The van der Waals surface area contributed by atoms with Gasteiger partial charge in [-0.25, -0.2) is 4.98 Å². The highest BCUT2D eigenvalue weighted by Gasteiger charge is 2.09. The molecule has 0 unspecified atom stereocenters. The van der Waals surface area contributed by atoms with Gasteiger partial charge in [-0.2, -0.15) is 0 Å². The number of carbonyl (C=O) groups excluding carboxylic acids is 1. The van der Waals surface area contributed by atoms with Gasteiger partial charge < -0.3 is 4.40 Å². The van der Waals surface area contributed by atoms with Crippen LogP contribution in [0.25, 0.3) is 5.65 Å². The summed E-state index contributed by atoms with van der Waals surface area (Å²) in [6.07, 6.45) is 6.17. The van der Waals surface area contributed by atoms with E-state index in [4.69, 9.17) is 0 Å². The molecule has 0 aliphatic rings. The van der Waals surface area contributed by atoms with Crippen LogP contribution in [0.15, 0.2) is 48.9 Å². The minimum Gasteiger partial charge on any atom is -0.304 e. The normalized spacial score (nSPS) is 10.8. The van der Waals surface area contributed by atoms with E-state index in [0.29, 0.717) is 12.8 Å². The molecule has 0 bridgehead atoms. The number of Topliss-reactive ketones (excluding diaryl/α,β-unsaturated/α-hetero) is 1. The van der Waals surface area contributed by atoms with Crippen LogP contribution in [0.3, 0.4) is 0 Å². The molecule has 0 amide bonds. The number of aromatic nitrogens is 3. The predicted molar refractivity (Wildman–Crippen MR) is 76.6 cm³/mol. The molecule has 0 fully saturated rings. The van der Waals surface area contributed by atoms with Crippen molar-refractivity contribution in [2.24, 2.45) is 0 Å². The number of carbonyl (C=O) groups is 1. The first-order valence-corrected chi connectivity index (χ1v) is 6.56. The molecule has 4 heteroatoms. The average molecular weight is 265 g/mol. The summed E-state index contributed by atoms with van der Waals surface area (Å²) in [6, 6.07) is 9.69. The standard InChI is InChI=1S/C16H15N3O/c1-12-5-6-13(18-11-12)9-15(20)10-14-3-2-4-16-17-7-8-19(14)16/h2-8,11H,9-10H2,1H3. The summed E-state index contributed by atoms with van der Waals surface area (Å²) in [5.41, 5.74) is 3.74. The molecule has 0 radical (unpaired) electrons. The molecule has 0 saturated heterocycles. The molecular weight excluding hydrogens is 250 g/mol. The lowest BCUT2D eigenvalue weighted by Gasteiger charge is -2.05. The van der Waals surface area contributed by atoms with E-state index >= 15 is 0 Å². The summed E-state index contributed by atoms with van der Waals surface area (Å²) in [6.45, 7) is 1.98. The quantitative estimate of drug-likeness (QED) is 0.727. The van der Waals surface area contributed by atoms with Gasteiger partial charge in [-0.1, -0.05) is 12.1 Å². The van der Waals surface area contributed by atoms with E-state index < -0.39 is 0 Å². The third-order valence-corrected chi connectivity index (χ3v) is 3.24. The van der Waals surface area contributed by atoms with Crippen molar-refractivity contribution in [1.29, 1.82) is 0 Å². The fraction of sp³-hybridized carbons (Fsp3) is 0.188. The zero-order chi connectivity index (χ0) is 13.9. The number of ketones is 1. The summed E-state index contributed by atoms with van der Waals surface area (Å²) in [4.78, 5) is 20.7. The Morgan fingerprint density at radius 3 is 2.85 bits per heavy atom. The monoisotopic (exact) mass is 265 g/mol. The second kappa shape index (κ2) is 5.25. The minimum absolute atomic E-state index is 0.155. The summed E-state index contributed by atoms with van der Waals surface area (Å²) in [7, 11) is 0. The maximum absolute atomic E-state index is 12.2. The van der Waals surface area contributed by atoms with Crippen LogP contribution in [-0.2, 0) is 17.6 Å². The van der Waals surface area contributed by atoms with E-state index in [0.717, 1.165) is 22.6 Å². The van der Waals surface area contributed by atoms with Crippen molar-refractivity contribution < 1.29 is 4.79 Å². The van der Waals surface area contributed by atoms with Crippen LogP contribution >= 0.6 is 0 Å². The second-order valence-corrected chi connectivity index (χ2v) is 4.89. The minimum atomic E-state index is 0.155. The summed E-state index contributed by atoms with van der Waals surface area (Å²) < 4.78 is 1.94. The largest absolute Gasteiger partial charge is 0.304 e. The highest BCUT2D eigenvalue weighted by Crippen LogP contribution is 2.08. The molecule has 0 aliphatic carbocycles. The molecule has 3 aromatic heterocycles. The van der Waals surface area contributed by atoms with Crippen LogP contribution in [-0.4, -0.2) is 20.2 Å². The number of imidazole rings is 1. The van der Waals surface area contributed by atoms with Crippen molar-refractivity contribution in [3.63, 3.8) is 0 Å². The van der Waals surface area contributed by atoms with E-state index in [9.17, 15) is 4.79 Å². The van der Waals surface area contributed by atoms with E-state index in [2.05, 4.69) is 9.97 Å². The zero-order valence-electron chi connectivity index (χ0n) is 11.3. The predicted octanol–water partition coefficient (Wildman–Crippen LogP) is 2.39. The van der Waals surface area contributed by atoms with Crippen LogP contribution in [0.1, 0.15) is 17.0 Å². The average Bonchev–Trinajstić information content (AvgIpc) is 2.91. The number of pyridine rings is 2. The summed E-state index contributed by atoms with van der Waals surface area (Å²) in [5, 5.41) is 0. The van der Waals surface area contributed by atoms with Gasteiger partial charge in [0.25, 0.3) is 0 Å². The van der Waals surface area contributed by atoms with Gasteiger partial charge in [0.15, 0.2) is 0 Å². The van der Waals surface area contributed by atoms with Gasteiger partial charge in [-0.05, 0) is 30.7 Å². The van der Waals surface area contributed by atoms with Crippen molar-refractivity contribution in [2.45, 2.75) is 19.8 Å². The smallest absolute Gasteiger partial charge is 0.144 e. The van der Waals surface area contributed by atoms with E-state index in [-0.39, 0.29) is 5.78 Å². The molecule has 0 atom stereocenters. The third kappa shape index (κ3) is 2.59. The fourth-order valence-electron chi connectivity index (χ4n) is 2.22. The van der Waals surface area contributed by atoms with Crippen LogP contribution < -0.4 is 0 Å². The Morgan fingerprint density at radius 2 is 2.05 bits per heavy atom. The van der Waals surface area contributed by atoms with Gasteiger partial charge in [0.05, 0.1) is 0 Å². The van der Waals surface area contributed by atoms with Gasteiger partial charge >= 0.3 is 0 Å². The Hall–Kier alpha value is -2.49. The Kier molecular flexibility index (Phi) is 3.29. The molecule has 20 heavy (non-hydrogen) atoms. The number of hydrogen-bond donors (Lipinski definition) is 0. The first kappa shape index (κ1) is 12.5. The molecule has 0 saturated carbocycles. The van der Waals surface area contributed by atoms with Gasteiger partial charge in [-0.3, -0.25) is 9.78 Å². The SMILES string of the molecule is Cc1ccc(CC(=O)Cc2cccc3nccn23)nc1. The number of rotatable bonds is 4. The zero-order valence-corrected chi connectivity index (χ0v) is 11.3. The molecule has 4 nitrogen and oxygen atoms in total. The lowest BCUT2D eigenvalue weighted by Crippen LogP contribution is -2.10. The highest BCUT2D eigenvalue weighted by molar-refractivity contribution is 5.82. The van der Waals surface area contributed by atoms with Crippen molar-refractivity contribution >= 4 is 11.4 Å². The summed E-state index contributed by atoms with van der Waals surface area (Å²) >= 11 is 0. The lowest BCUT2D eigenvalue weighted by molar-refractivity contribution is -0.117. The van der Waals surface area contributed by atoms with Crippen LogP contribution in [0.2, 0.25) is 0 Å². The molecule has 0 spiro atoms. The van der Waals surface area contributed by atoms with Gasteiger partial charge in [0.1, 0.15) is 11.4 Å². The van der Waals surface area contributed by atoms with E-state index in [1.165, 1.54) is 0 Å². The highest BCUT2D eigenvalue weighted by atomic mass is 16.1. The fourth-order valence-corrected chi connectivity index (χ4v) is 2.22.